The van der Waals surface area contributed by atoms with Crippen molar-refractivity contribution in [3.05, 3.63) is 42.0 Å². The van der Waals surface area contributed by atoms with Gasteiger partial charge in [-0.05, 0) is 36.6 Å². The minimum Gasteiger partial charge on any atom is -0.366 e. The molecule has 1 aromatic carbocycles. The Balaban J connectivity index is 2.53. The summed E-state index contributed by atoms with van der Waals surface area (Å²) >= 11 is 0. The second kappa shape index (κ2) is 4.41. The number of hydrogen-bond donors (Lipinski definition) is 1. The van der Waals surface area contributed by atoms with Crippen LogP contribution in [-0.2, 0) is 11.2 Å². The first-order valence-corrected chi connectivity index (χ1v) is 5.50. The lowest BCUT2D eigenvalue weighted by molar-refractivity contribution is -0.114. The van der Waals surface area contributed by atoms with Crippen LogP contribution in [0.2, 0.25) is 0 Å². The van der Waals surface area contributed by atoms with Gasteiger partial charge in [-0.15, -0.1) is 0 Å². The van der Waals surface area contributed by atoms with Crippen molar-refractivity contribution in [2.24, 2.45) is 5.73 Å². The summed E-state index contributed by atoms with van der Waals surface area (Å²) in [7, 11) is 0. The van der Waals surface area contributed by atoms with E-state index < -0.39 is 5.91 Å². The van der Waals surface area contributed by atoms with E-state index in [1.165, 1.54) is 6.08 Å². The van der Waals surface area contributed by atoms with Gasteiger partial charge < -0.3 is 10.6 Å². The summed E-state index contributed by atoms with van der Waals surface area (Å²) in [5.41, 5.74) is 7.47. The maximum atomic E-state index is 11.7. The monoisotopic (exact) mass is 230 g/mol. The van der Waals surface area contributed by atoms with E-state index in [2.05, 4.69) is 6.58 Å². The van der Waals surface area contributed by atoms with E-state index in [4.69, 9.17) is 5.73 Å². The Morgan fingerprint density at radius 3 is 2.82 bits per heavy atom. The van der Waals surface area contributed by atoms with Gasteiger partial charge in [-0.25, -0.2) is 0 Å². The highest BCUT2D eigenvalue weighted by Gasteiger charge is 2.23. The maximum Gasteiger partial charge on any atom is 0.250 e. The van der Waals surface area contributed by atoms with Crippen molar-refractivity contribution in [3.8, 4) is 0 Å². The SMILES string of the molecule is C=CC(=O)N1CCCc2c(C(N)=O)cccc21. The summed E-state index contributed by atoms with van der Waals surface area (Å²) in [6.07, 6.45) is 2.89. The van der Waals surface area contributed by atoms with Crippen LogP contribution in [0.25, 0.3) is 0 Å². The quantitative estimate of drug-likeness (QED) is 0.777. The Morgan fingerprint density at radius 2 is 2.18 bits per heavy atom. The zero-order valence-corrected chi connectivity index (χ0v) is 9.48. The van der Waals surface area contributed by atoms with Gasteiger partial charge in [0.05, 0.1) is 0 Å². The third kappa shape index (κ3) is 1.93. The highest BCUT2D eigenvalue weighted by Crippen LogP contribution is 2.29. The first kappa shape index (κ1) is 11.4. The van der Waals surface area contributed by atoms with Crippen molar-refractivity contribution in [2.45, 2.75) is 12.8 Å². The van der Waals surface area contributed by atoms with E-state index in [0.717, 1.165) is 24.1 Å². The predicted molar refractivity (Wildman–Crippen MR) is 65.8 cm³/mol. The lowest BCUT2D eigenvalue weighted by atomic mass is 9.96. The molecule has 0 unspecified atom stereocenters. The zero-order valence-electron chi connectivity index (χ0n) is 9.48. The average Bonchev–Trinajstić information content (AvgIpc) is 2.36. The van der Waals surface area contributed by atoms with Crippen molar-refractivity contribution in [2.75, 3.05) is 11.4 Å². The number of nitrogens with two attached hydrogens (primary N) is 1. The number of primary amides is 1. The largest absolute Gasteiger partial charge is 0.366 e. The van der Waals surface area contributed by atoms with Crippen LogP contribution in [0.1, 0.15) is 22.3 Å². The van der Waals surface area contributed by atoms with E-state index in [0.29, 0.717) is 12.1 Å². The van der Waals surface area contributed by atoms with Crippen LogP contribution in [0.5, 0.6) is 0 Å². The summed E-state index contributed by atoms with van der Waals surface area (Å²) in [4.78, 5) is 24.7. The van der Waals surface area contributed by atoms with Gasteiger partial charge in [0, 0.05) is 17.8 Å². The number of amides is 2. The predicted octanol–water partition coefficient (Wildman–Crippen LogP) is 1.25. The molecule has 0 fully saturated rings. The Bertz CT molecular complexity index is 494. The van der Waals surface area contributed by atoms with Crippen LogP contribution >= 0.6 is 0 Å². The third-order valence-corrected chi connectivity index (χ3v) is 2.96. The third-order valence-electron chi connectivity index (χ3n) is 2.96. The van der Waals surface area contributed by atoms with Crippen LogP contribution in [0.15, 0.2) is 30.9 Å². The molecule has 0 saturated heterocycles. The van der Waals surface area contributed by atoms with E-state index >= 15 is 0 Å². The number of hydrogen-bond acceptors (Lipinski definition) is 2. The van der Waals surface area contributed by atoms with Crippen molar-refractivity contribution in [1.29, 1.82) is 0 Å². The second-order valence-electron chi connectivity index (χ2n) is 3.97. The minimum absolute atomic E-state index is 0.146. The number of benzene rings is 1. The number of anilines is 1. The van der Waals surface area contributed by atoms with Gasteiger partial charge in [0.15, 0.2) is 0 Å². The highest BCUT2D eigenvalue weighted by molar-refractivity contribution is 6.04. The molecule has 4 nitrogen and oxygen atoms in total. The number of nitrogens with zero attached hydrogens (tertiary/aromatic N) is 1. The van der Waals surface area contributed by atoms with Crippen LogP contribution in [0.3, 0.4) is 0 Å². The number of carbonyl (C=O) groups excluding carboxylic acids is 2. The van der Waals surface area contributed by atoms with Gasteiger partial charge in [-0.2, -0.15) is 0 Å². The highest BCUT2D eigenvalue weighted by atomic mass is 16.2. The molecule has 1 heterocycles. The molecular weight excluding hydrogens is 216 g/mol. The Hall–Kier alpha value is -2.10. The molecule has 88 valence electrons. The normalized spacial score (nSPS) is 14.0. The molecule has 4 heteroatoms. The van der Waals surface area contributed by atoms with Crippen molar-refractivity contribution >= 4 is 17.5 Å². The van der Waals surface area contributed by atoms with Gasteiger partial charge in [0.25, 0.3) is 0 Å². The Labute approximate surface area is 99.7 Å². The first-order chi connectivity index (χ1) is 8.15. The van der Waals surface area contributed by atoms with E-state index in [-0.39, 0.29) is 5.91 Å². The fourth-order valence-electron chi connectivity index (χ4n) is 2.19. The number of rotatable bonds is 2. The van der Waals surface area contributed by atoms with E-state index in [1.807, 2.05) is 6.07 Å². The molecule has 1 aliphatic heterocycles. The van der Waals surface area contributed by atoms with Gasteiger partial charge in [-0.1, -0.05) is 12.6 Å². The lowest BCUT2D eigenvalue weighted by Crippen LogP contribution is -2.35. The molecular formula is C13H14N2O2. The maximum absolute atomic E-state index is 11.7. The molecule has 2 rings (SSSR count). The van der Waals surface area contributed by atoms with Gasteiger partial charge >= 0.3 is 0 Å². The molecule has 0 bridgehead atoms. The number of fused-ring (bicyclic) bond motifs is 1. The zero-order chi connectivity index (χ0) is 12.4. The molecule has 17 heavy (non-hydrogen) atoms. The summed E-state index contributed by atoms with van der Waals surface area (Å²) in [6, 6.07) is 5.28. The van der Waals surface area contributed by atoms with E-state index in [9.17, 15) is 9.59 Å². The minimum atomic E-state index is -0.449. The van der Waals surface area contributed by atoms with Gasteiger partial charge in [-0.3, -0.25) is 9.59 Å². The van der Waals surface area contributed by atoms with Crippen LogP contribution in [0, 0.1) is 0 Å². The smallest absolute Gasteiger partial charge is 0.250 e. The summed E-state index contributed by atoms with van der Waals surface area (Å²) in [5.74, 6) is -0.595. The molecule has 1 aromatic rings. The molecule has 0 saturated carbocycles. The molecule has 2 amide bonds. The van der Waals surface area contributed by atoms with Gasteiger partial charge in [0.1, 0.15) is 0 Å². The van der Waals surface area contributed by atoms with Crippen molar-refractivity contribution in [3.63, 3.8) is 0 Å². The second-order valence-corrected chi connectivity index (χ2v) is 3.97. The van der Waals surface area contributed by atoms with Crippen LogP contribution in [-0.4, -0.2) is 18.4 Å². The lowest BCUT2D eigenvalue weighted by Gasteiger charge is -2.29. The fourth-order valence-corrected chi connectivity index (χ4v) is 2.19. The van der Waals surface area contributed by atoms with Gasteiger partial charge in [0.2, 0.25) is 11.8 Å². The average molecular weight is 230 g/mol. The molecule has 0 aliphatic carbocycles. The molecule has 0 aromatic heterocycles. The number of carbonyl (C=O) groups is 2. The fraction of sp³-hybridized carbons (Fsp3) is 0.231. The molecule has 0 spiro atoms. The molecule has 1 aliphatic rings. The Morgan fingerprint density at radius 1 is 1.41 bits per heavy atom. The molecule has 0 radical (unpaired) electrons. The molecule has 2 N–H and O–H groups in total. The Kier molecular flexibility index (Phi) is 2.95. The summed E-state index contributed by atoms with van der Waals surface area (Å²) in [5, 5.41) is 0. The topological polar surface area (TPSA) is 63.4 Å². The van der Waals surface area contributed by atoms with Crippen LogP contribution < -0.4 is 10.6 Å². The summed E-state index contributed by atoms with van der Waals surface area (Å²) in [6.45, 7) is 4.14. The summed E-state index contributed by atoms with van der Waals surface area (Å²) < 4.78 is 0. The van der Waals surface area contributed by atoms with Crippen molar-refractivity contribution in [1.82, 2.24) is 0 Å². The van der Waals surface area contributed by atoms with Crippen LogP contribution in [0.4, 0.5) is 5.69 Å². The standard InChI is InChI=1S/C13H14N2O2/c1-2-12(16)15-8-4-6-9-10(13(14)17)5-3-7-11(9)15/h2-3,5,7H,1,4,6,8H2,(H2,14,17). The van der Waals surface area contributed by atoms with Crippen molar-refractivity contribution < 1.29 is 9.59 Å². The van der Waals surface area contributed by atoms with E-state index in [1.54, 1.807) is 17.0 Å². The molecule has 0 atom stereocenters. The first-order valence-electron chi connectivity index (χ1n) is 5.50.